The lowest BCUT2D eigenvalue weighted by Gasteiger charge is -2.26. The molecule has 4 rings (SSSR count). The molecule has 0 saturated heterocycles. The molecule has 2 aromatic rings. The topological polar surface area (TPSA) is 49.0 Å². The maximum atomic E-state index is 5.86. The van der Waals surface area contributed by atoms with E-state index in [1.165, 1.54) is 5.56 Å². The molecule has 0 aromatic heterocycles. The molecule has 1 unspecified atom stereocenters. The summed E-state index contributed by atoms with van der Waals surface area (Å²) in [7, 11) is 0. The van der Waals surface area contributed by atoms with Gasteiger partial charge in [-0.25, -0.2) is 0 Å². The SMILES string of the molecule is CC(C)C(NCc1cc(Br)c2c(c1)OCCCO2)c1ccc2c(c1)OCCO2. The molecular weight excluding hydrogens is 422 g/mol. The summed E-state index contributed by atoms with van der Waals surface area (Å²) in [6.07, 6.45) is 0.897. The van der Waals surface area contributed by atoms with Crippen molar-refractivity contribution in [2.75, 3.05) is 26.4 Å². The molecule has 1 N–H and O–H groups in total. The van der Waals surface area contributed by atoms with Crippen LogP contribution in [0.5, 0.6) is 23.0 Å². The summed E-state index contributed by atoms with van der Waals surface area (Å²) in [4.78, 5) is 0. The van der Waals surface area contributed by atoms with Crippen LogP contribution in [0.4, 0.5) is 0 Å². The van der Waals surface area contributed by atoms with E-state index in [-0.39, 0.29) is 6.04 Å². The Labute approximate surface area is 174 Å². The molecule has 5 nitrogen and oxygen atoms in total. The van der Waals surface area contributed by atoms with Gasteiger partial charge in [0, 0.05) is 19.0 Å². The van der Waals surface area contributed by atoms with Crippen molar-refractivity contribution in [2.45, 2.75) is 32.9 Å². The third kappa shape index (κ3) is 4.23. The first kappa shape index (κ1) is 19.4. The van der Waals surface area contributed by atoms with Crippen molar-refractivity contribution in [1.29, 1.82) is 0 Å². The number of fused-ring (bicyclic) bond motifs is 2. The fourth-order valence-electron chi connectivity index (χ4n) is 3.61. The van der Waals surface area contributed by atoms with Gasteiger partial charge in [0.15, 0.2) is 23.0 Å². The second-order valence-electron chi connectivity index (χ2n) is 7.46. The largest absolute Gasteiger partial charge is 0.490 e. The van der Waals surface area contributed by atoms with Gasteiger partial charge in [0.05, 0.1) is 17.7 Å². The minimum atomic E-state index is 0.200. The first-order valence-corrected chi connectivity index (χ1v) is 10.6. The van der Waals surface area contributed by atoms with Crippen molar-refractivity contribution in [1.82, 2.24) is 5.32 Å². The predicted molar refractivity (Wildman–Crippen MR) is 112 cm³/mol. The van der Waals surface area contributed by atoms with Crippen molar-refractivity contribution >= 4 is 15.9 Å². The molecule has 1 atom stereocenters. The molecule has 0 amide bonds. The van der Waals surface area contributed by atoms with Gasteiger partial charge < -0.3 is 24.3 Å². The highest BCUT2D eigenvalue weighted by Crippen LogP contribution is 2.39. The summed E-state index contributed by atoms with van der Waals surface area (Å²) in [5.41, 5.74) is 2.35. The van der Waals surface area contributed by atoms with E-state index in [9.17, 15) is 0 Å². The molecule has 6 heteroatoms. The number of hydrogen-bond acceptors (Lipinski definition) is 5. The quantitative estimate of drug-likeness (QED) is 0.708. The van der Waals surface area contributed by atoms with Crippen LogP contribution in [0.3, 0.4) is 0 Å². The Balaban J connectivity index is 1.52. The highest BCUT2D eigenvalue weighted by Gasteiger charge is 2.20. The molecule has 28 heavy (non-hydrogen) atoms. The molecule has 2 aliphatic rings. The lowest BCUT2D eigenvalue weighted by molar-refractivity contribution is 0.171. The molecule has 2 aliphatic heterocycles. The van der Waals surface area contributed by atoms with Crippen LogP contribution in [0.2, 0.25) is 0 Å². The molecule has 0 saturated carbocycles. The van der Waals surface area contributed by atoms with Gasteiger partial charge in [-0.05, 0) is 57.2 Å². The van der Waals surface area contributed by atoms with Gasteiger partial charge in [-0.3, -0.25) is 0 Å². The molecule has 0 spiro atoms. The monoisotopic (exact) mass is 447 g/mol. The van der Waals surface area contributed by atoms with Crippen LogP contribution in [0.1, 0.15) is 37.4 Å². The van der Waals surface area contributed by atoms with Crippen LogP contribution < -0.4 is 24.3 Å². The minimum Gasteiger partial charge on any atom is -0.490 e. The van der Waals surface area contributed by atoms with Crippen molar-refractivity contribution in [2.24, 2.45) is 5.92 Å². The van der Waals surface area contributed by atoms with E-state index >= 15 is 0 Å². The number of hydrogen-bond donors (Lipinski definition) is 1. The van der Waals surface area contributed by atoms with Crippen LogP contribution >= 0.6 is 15.9 Å². The molecular formula is C22H26BrNO4. The summed E-state index contributed by atoms with van der Waals surface area (Å²) < 4.78 is 24.0. The fourth-order valence-corrected chi connectivity index (χ4v) is 4.21. The predicted octanol–water partition coefficient (Wildman–Crippen LogP) is 4.87. The number of nitrogens with one attached hydrogen (secondary N) is 1. The molecule has 150 valence electrons. The lowest BCUT2D eigenvalue weighted by Crippen LogP contribution is -2.26. The smallest absolute Gasteiger partial charge is 0.175 e. The van der Waals surface area contributed by atoms with Gasteiger partial charge in [-0.15, -0.1) is 0 Å². The Hall–Kier alpha value is -1.92. The first-order chi connectivity index (χ1) is 13.6. The average molecular weight is 448 g/mol. The number of rotatable bonds is 5. The Bertz CT molecular complexity index is 840. The van der Waals surface area contributed by atoms with E-state index in [0.717, 1.165) is 46.0 Å². The second-order valence-corrected chi connectivity index (χ2v) is 8.32. The zero-order valence-electron chi connectivity index (χ0n) is 16.3. The van der Waals surface area contributed by atoms with Gasteiger partial charge in [0.1, 0.15) is 13.2 Å². The summed E-state index contributed by atoms with van der Waals surface area (Å²) in [5, 5.41) is 3.69. The zero-order valence-corrected chi connectivity index (χ0v) is 17.9. The van der Waals surface area contributed by atoms with Gasteiger partial charge in [0.25, 0.3) is 0 Å². The highest BCUT2D eigenvalue weighted by atomic mass is 79.9. The van der Waals surface area contributed by atoms with Crippen LogP contribution in [0.15, 0.2) is 34.8 Å². The summed E-state index contributed by atoms with van der Waals surface area (Å²) in [5.74, 6) is 3.68. The Morgan fingerprint density at radius 3 is 2.46 bits per heavy atom. The molecule has 0 bridgehead atoms. The second kappa shape index (κ2) is 8.62. The minimum absolute atomic E-state index is 0.200. The maximum Gasteiger partial charge on any atom is 0.175 e. The molecule has 2 heterocycles. The first-order valence-electron chi connectivity index (χ1n) is 9.83. The highest BCUT2D eigenvalue weighted by molar-refractivity contribution is 9.10. The molecule has 2 aromatic carbocycles. The standard InChI is InChI=1S/C22H26BrNO4/c1-14(2)21(16-4-5-18-19(12-16)27-9-8-26-18)24-13-15-10-17(23)22-20(11-15)25-6-3-7-28-22/h4-5,10-12,14,21,24H,3,6-9,13H2,1-2H3. The summed E-state index contributed by atoms with van der Waals surface area (Å²) in [6.45, 7) is 7.74. The molecule has 0 fully saturated rings. The van der Waals surface area contributed by atoms with E-state index in [1.54, 1.807) is 0 Å². The summed E-state index contributed by atoms with van der Waals surface area (Å²) in [6, 6.07) is 10.6. The van der Waals surface area contributed by atoms with Gasteiger partial charge in [-0.1, -0.05) is 19.9 Å². The van der Waals surface area contributed by atoms with Crippen LogP contribution in [-0.2, 0) is 6.54 Å². The van der Waals surface area contributed by atoms with E-state index in [2.05, 4.69) is 59.4 Å². The van der Waals surface area contributed by atoms with Crippen LogP contribution in [0, 0.1) is 5.92 Å². The Kier molecular flexibility index (Phi) is 5.97. The van der Waals surface area contributed by atoms with Gasteiger partial charge in [-0.2, -0.15) is 0 Å². The number of halogens is 1. The number of benzene rings is 2. The van der Waals surface area contributed by atoms with Crippen molar-refractivity contribution in [3.63, 3.8) is 0 Å². The normalized spacial score (nSPS) is 16.6. The van der Waals surface area contributed by atoms with E-state index in [0.29, 0.717) is 32.3 Å². The van der Waals surface area contributed by atoms with Crippen LogP contribution in [0.25, 0.3) is 0 Å². The van der Waals surface area contributed by atoms with Gasteiger partial charge in [0.2, 0.25) is 0 Å². The number of ether oxygens (including phenoxy) is 4. The van der Waals surface area contributed by atoms with Crippen molar-refractivity contribution in [3.05, 3.63) is 45.9 Å². The van der Waals surface area contributed by atoms with E-state index < -0.39 is 0 Å². The molecule has 0 aliphatic carbocycles. The van der Waals surface area contributed by atoms with Crippen molar-refractivity contribution < 1.29 is 18.9 Å². The average Bonchev–Trinajstić information content (AvgIpc) is 2.94. The fraction of sp³-hybridized carbons (Fsp3) is 0.455. The van der Waals surface area contributed by atoms with Crippen molar-refractivity contribution in [3.8, 4) is 23.0 Å². The maximum absolute atomic E-state index is 5.86. The zero-order chi connectivity index (χ0) is 19.5. The van der Waals surface area contributed by atoms with E-state index in [1.807, 2.05) is 6.07 Å². The third-order valence-corrected chi connectivity index (χ3v) is 5.57. The molecule has 0 radical (unpaired) electrons. The van der Waals surface area contributed by atoms with Gasteiger partial charge >= 0.3 is 0 Å². The Morgan fingerprint density at radius 2 is 1.64 bits per heavy atom. The van der Waals surface area contributed by atoms with E-state index in [4.69, 9.17) is 18.9 Å². The summed E-state index contributed by atoms with van der Waals surface area (Å²) >= 11 is 3.63. The Morgan fingerprint density at radius 1 is 0.893 bits per heavy atom. The lowest BCUT2D eigenvalue weighted by atomic mass is 9.95. The third-order valence-electron chi connectivity index (χ3n) is 4.98. The van der Waals surface area contributed by atoms with Crippen LogP contribution in [-0.4, -0.2) is 26.4 Å².